The van der Waals surface area contributed by atoms with Gasteiger partial charge in [-0.15, -0.1) is 0 Å². The first-order chi connectivity index (χ1) is 9.60. The monoisotopic (exact) mass is 295 g/mol. The minimum atomic E-state index is -0.338. The molecule has 2 amide bonds. The second kappa shape index (κ2) is 6.72. The molecule has 1 aliphatic carbocycles. The zero-order valence-electron chi connectivity index (χ0n) is 11.1. The molecule has 20 heavy (non-hydrogen) atoms. The van der Waals surface area contributed by atoms with Gasteiger partial charge in [0.1, 0.15) is 0 Å². The average molecular weight is 296 g/mol. The highest BCUT2D eigenvalue weighted by Crippen LogP contribution is 2.41. The number of nitrogens with one attached hydrogen (secondary N) is 2. The fourth-order valence-electron chi connectivity index (χ4n) is 2.05. The lowest BCUT2D eigenvalue weighted by Crippen LogP contribution is -2.41. The zero-order chi connectivity index (χ0) is 14.5. The van der Waals surface area contributed by atoms with Crippen LogP contribution < -0.4 is 16.4 Å². The van der Waals surface area contributed by atoms with E-state index in [9.17, 15) is 9.59 Å². The molecule has 1 atom stereocenters. The van der Waals surface area contributed by atoms with E-state index in [1.54, 1.807) is 0 Å². The third-order valence-electron chi connectivity index (χ3n) is 3.27. The largest absolute Gasteiger partial charge is 0.347 e. The molecule has 1 aromatic rings. The molecule has 5 nitrogen and oxygen atoms in total. The second-order valence-corrected chi connectivity index (χ2v) is 5.35. The van der Waals surface area contributed by atoms with Crippen LogP contribution in [-0.2, 0) is 9.59 Å². The van der Waals surface area contributed by atoms with Crippen LogP contribution in [0.4, 0.5) is 0 Å². The molecule has 108 valence electrons. The Morgan fingerprint density at radius 3 is 2.45 bits per heavy atom. The Morgan fingerprint density at radius 1 is 1.25 bits per heavy atom. The van der Waals surface area contributed by atoms with Crippen molar-refractivity contribution < 1.29 is 9.59 Å². The van der Waals surface area contributed by atoms with Gasteiger partial charge >= 0.3 is 0 Å². The molecule has 0 aliphatic heterocycles. The molecule has 1 aliphatic rings. The van der Waals surface area contributed by atoms with Crippen LogP contribution in [0.3, 0.4) is 0 Å². The molecular weight excluding hydrogens is 278 g/mol. The standard InChI is InChI=1S/C14H18ClN3O2/c15-11-5-3-10(4-6-11)14(9-1-2-9)18-13(20)8-17-12(19)7-16/h3-6,9,14H,1-2,7-8,16H2,(H,17,19)(H,18,20). The molecule has 0 spiro atoms. The smallest absolute Gasteiger partial charge is 0.239 e. The summed E-state index contributed by atoms with van der Waals surface area (Å²) in [6, 6.07) is 7.45. The van der Waals surface area contributed by atoms with E-state index in [-0.39, 0.29) is 30.9 Å². The molecule has 6 heteroatoms. The Balaban J connectivity index is 1.94. The Labute approximate surface area is 122 Å². The minimum absolute atomic E-state index is 0.0189. The maximum atomic E-state index is 11.9. The van der Waals surface area contributed by atoms with Gasteiger partial charge in [0, 0.05) is 5.02 Å². The molecule has 1 aromatic carbocycles. The van der Waals surface area contributed by atoms with E-state index < -0.39 is 0 Å². The highest BCUT2D eigenvalue weighted by molar-refractivity contribution is 6.30. The van der Waals surface area contributed by atoms with Crippen LogP contribution in [0.5, 0.6) is 0 Å². The predicted molar refractivity (Wildman–Crippen MR) is 77.1 cm³/mol. The van der Waals surface area contributed by atoms with Gasteiger partial charge in [-0.3, -0.25) is 9.59 Å². The van der Waals surface area contributed by atoms with Gasteiger partial charge in [-0.2, -0.15) is 0 Å². The van der Waals surface area contributed by atoms with Crippen LogP contribution in [0.1, 0.15) is 24.4 Å². The van der Waals surface area contributed by atoms with Gasteiger partial charge in [0.15, 0.2) is 0 Å². The number of hydrogen-bond donors (Lipinski definition) is 3. The van der Waals surface area contributed by atoms with Crippen molar-refractivity contribution in [2.45, 2.75) is 18.9 Å². The number of carbonyl (C=O) groups is 2. The lowest BCUT2D eigenvalue weighted by Gasteiger charge is -2.19. The molecule has 2 rings (SSSR count). The van der Waals surface area contributed by atoms with Crippen molar-refractivity contribution in [3.05, 3.63) is 34.9 Å². The van der Waals surface area contributed by atoms with Crippen LogP contribution in [0.2, 0.25) is 5.02 Å². The fourth-order valence-corrected chi connectivity index (χ4v) is 2.17. The molecular formula is C14H18ClN3O2. The van der Waals surface area contributed by atoms with Crippen molar-refractivity contribution in [2.24, 2.45) is 11.7 Å². The van der Waals surface area contributed by atoms with Crippen molar-refractivity contribution in [2.75, 3.05) is 13.1 Å². The maximum absolute atomic E-state index is 11.9. The molecule has 0 saturated heterocycles. The van der Waals surface area contributed by atoms with E-state index >= 15 is 0 Å². The molecule has 4 N–H and O–H groups in total. The van der Waals surface area contributed by atoms with E-state index in [0.29, 0.717) is 10.9 Å². The van der Waals surface area contributed by atoms with E-state index in [1.807, 2.05) is 24.3 Å². The summed E-state index contributed by atoms with van der Waals surface area (Å²) >= 11 is 5.87. The first-order valence-electron chi connectivity index (χ1n) is 6.61. The van der Waals surface area contributed by atoms with E-state index in [1.165, 1.54) is 0 Å². The summed E-state index contributed by atoms with van der Waals surface area (Å²) in [6.07, 6.45) is 2.20. The van der Waals surface area contributed by atoms with Crippen LogP contribution in [0, 0.1) is 5.92 Å². The fraction of sp³-hybridized carbons (Fsp3) is 0.429. The van der Waals surface area contributed by atoms with Gasteiger partial charge < -0.3 is 16.4 Å². The SMILES string of the molecule is NCC(=O)NCC(=O)NC(c1ccc(Cl)cc1)C1CC1. The summed E-state index contributed by atoms with van der Waals surface area (Å²) in [6.45, 7) is -0.163. The highest BCUT2D eigenvalue weighted by Gasteiger charge is 2.33. The molecule has 0 heterocycles. The van der Waals surface area contributed by atoms with Crippen LogP contribution in [-0.4, -0.2) is 24.9 Å². The maximum Gasteiger partial charge on any atom is 0.239 e. The number of halogens is 1. The van der Waals surface area contributed by atoms with Crippen molar-refractivity contribution in [3.8, 4) is 0 Å². The number of hydrogen-bond acceptors (Lipinski definition) is 3. The first kappa shape index (κ1) is 14.8. The molecule has 1 fully saturated rings. The third kappa shape index (κ3) is 4.21. The van der Waals surface area contributed by atoms with Crippen molar-refractivity contribution in [1.82, 2.24) is 10.6 Å². The highest BCUT2D eigenvalue weighted by atomic mass is 35.5. The van der Waals surface area contributed by atoms with Gasteiger partial charge in [0.2, 0.25) is 11.8 Å². The van der Waals surface area contributed by atoms with E-state index in [4.69, 9.17) is 17.3 Å². The first-order valence-corrected chi connectivity index (χ1v) is 6.99. The quantitative estimate of drug-likeness (QED) is 0.731. The number of benzene rings is 1. The van der Waals surface area contributed by atoms with Crippen molar-refractivity contribution in [1.29, 1.82) is 0 Å². The summed E-state index contributed by atoms with van der Waals surface area (Å²) in [5, 5.41) is 6.09. The zero-order valence-corrected chi connectivity index (χ0v) is 11.8. The Hall–Kier alpha value is -1.59. The Morgan fingerprint density at radius 2 is 1.90 bits per heavy atom. The topological polar surface area (TPSA) is 84.2 Å². The number of rotatable bonds is 6. The summed E-state index contributed by atoms with van der Waals surface area (Å²) < 4.78 is 0. The van der Waals surface area contributed by atoms with Gasteiger partial charge in [0.05, 0.1) is 19.1 Å². The lowest BCUT2D eigenvalue weighted by atomic mass is 10.0. The van der Waals surface area contributed by atoms with Crippen molar-refractivity contribution in [3.63, 3.8) is 0 Å². The van der Waals surface area contributed by atoms with Crippen LogP contribution in [0.25, 0.3) is 0 Å². The number of carbonyl (C=O) groups excluding carboxylic acids is 2. The minimum Gasteiger partial charge on any atom is -0.347 e. The number of nitrogens with two attached hydrogens (primary N) is 1. The third-order valence-corrected chi connectivity index (χ3v) is 3.52. The lowest BCUT2D eigenvalue weighted by molar-refractivity contribution is -0.125. The van der Waals surface area contributed by atoms with Crippen LogP contribution in [0.15, 0.2) is 24.3 Å². The summed E-state index contributed by atoms with van der Waals surface area (Å²) in [4.78, 5) is 22.9. The van der Waals surface area contributed by atoms with Gasteiger partial charge in [0.25, 0.3) is 0 Å². The predicted octanol–water partition coefficient (Wildman–Crippen LogP) is 0.982. The normalized spacial score (nSPS) is 15.5. The Kier molecular flexibility index (Phi) is 4.98. The van der Waals surface area contributed by atoms with E-state index in [2.05, 4.69) is 10.6 Å². The summed E-state index contributed by atoms with van der Waals surface area (Å²) in [7, 11) is 0. The van der Waals surface area contributed by atoms with Gasteiger partial charge in [-0.1, -0.05) is 23.7 Å². The number of amides is 2. The molecule has 1 unspecified atom stereocenters. The van der Waals surface area contributed by atoms with E-state index in [0.717, 1.165) is 18.4 Å². The average Bonchev–Trinajstić information content (AvgIpc) is 3.27. The summed E-state index contributed by atoms with van der Waals surface area (Å²) in [5.41, 5.74) is 6.20. The second-order valence-electron chi connectivity index (χ2n) is 4.92. The van der Waals surface area contributed by atoms with Crippen LogP contribution >= 0.6 is 11.6 Å². The van der Waals surface area contributed by atoms with Gasteiger partial charge in [-0.05, 0) is 36.5 Å². The van der Waals surface area contributed by atoms with Crippen molar-refractivity contribution >= 4 is 23.4 Å². The molecule has 0 radical (unpaired) electrons. The molecule has 0 bridgehead atoms. The van der Waals surface area contributed by atoms with Gasteiger partial charge in [-0.25, -0.2) is 0 Å². The molecule has 0 aromatic heterocycles. The molecule has 1 saturated carbocycles. The summed E-state index contributed by atoms with van der Waals surface area (Å²) in [5.74, 6) is -0.0846. The Bertz CT molecular complexity index is 486.